The number of benzene rings is 1. The molecule has 0 bridgehead atoms. The molecule has 1 atom stereocenters. The number of nitrogens with zero attached hydrogens (tertiary/aromatic N) is 1. The highest BCUT2D eigenvalue weighted by Gasteiger charge is 2.50. The molecule has 112 valence electrons. The summed E-state index contributed by atoms with van der Waals surface area (Å²) in [5.74, 6) is 0.00886. The zero-order chi connectivity index (χ0) is 15.0. The molecule has 1 N–H and O–H groups in total. The zero-order valence-corrected chi connectivity index (χ0v) is 14.2. The molecule has 1 heterocycles. The lowest BCUT2D eigenvalue weighted by molar-refractivity contribution is -0.139. The van der Waals surface area contributed by atoms with Gasteiger partial charge in [0, 0.05) is 3.57 Å². The van der Waals surface area contributed by atoms with Gasteiger partial charge in [-0.05, 0) is 54.5 Å². The standard InChI is InChI=1S/C16H19IN2O2/c1-11-14(20)18-16(9-5-2-6-10-16)15(21)19(11)13-8-4-3-7-12(13)17/h3-4,7-8,11H,2,5-6,9-10H2,1H3,(H,18,20). The second-order valence-corrected chi connectivity index (χ2v) is 7.10. The number of carbonyl (C=O) groups excluding carboxylic acids is 2. The number of hydrogen-bond donors (Lipinski definition) is 1. The minimum absolute atomic E-state index is 0.0452. The fraction of sp³-hybridized carbons (Fsp3) is 0.500. The van der Waals surface area contributed by atoms with Gasteiger partial charge < -0.3 is 5.32 Å². The maximum atomic E-state index is 13.1. The molecule has 1 saturated heterocycles. The van der Waals surface area contributed by atoms with Crippen molar-refractivity contribution < 1.29 is 9.59 Å². The summed E-state index contributed by atoms with van der Waals surface area (Å²) in [4.78, 5) is 27.2. The minimum atomic E-state index is -0.680. The van der Waals surface area contributed by atoms with Gasteiger partial charge in [0.15, 0.2) is 0 Å². The number of piperazine rings is 1. The quantitative estimate of drug-likeness (QED) is 0.740. The van der Waals surface area contributed by atoms with Gasteiger partial charge in [-0.2, -0.15) is 0 Å². The summed E-state index contributed by atoms with van der Waals surface area (Å²) in [6.45, 7) is 1.80. The fourth-order valence-electron chi connectivity index (χ4n) is 3.38. The fourth-order valence-corrected chi connectivity index (χ4v) is 4.02. The molecule has 1 aromatic rings. The van der Waals surface area contributed by atoms with Crippen LogP contribution in [0.2, 0.25) is 0 Å². The number of anilines is 1. The van der Waals surface area contributed by atoms with E-state index in [4.69, 9.17) is 0 Å². The molecule has 1 spiro atoms. The van der Waals surface area contributed by atoms with E-state index in [2.05, 4.69) is 27.9 Å². The van der Waals surface area contributed by atoms with Crippen LogP contribution in [0.1, 0.15) is 39.0 Å². The topological polar surface area (TPSA) is 49.4 Å². The summed E-state index contributed by atoms with van der Waals surface area (Å²) in [6.07, 6.45) is 4.65. The molecular weight excluding hydrogens is 379 g/mol. The Labute approximate surface area is 138 Å². The number of para-hydroxylation sites is 1. The van der Waals surface area contributed by atoms with Gasteiger partial charge in [0.1, 0.15) is 11.6 Å². The largest absolute Gasteiger partial charge is 0.340 e. The Morgan fingerprint density at radius 2 is 1.86 bits per heavy atom. The van der Waals surface area contributed by atoms with Crippen LogP contribution in [0.15, 0.2) is 24.3 Å². The van der Waals surface area contributed by atoms with Crippen molar-refractivity contribution in [2.75, 3.05) is 4.90 Å². The minimum Gasteiger partial charge on any atom is -0.340 e. The Hall–Kier alpha value is -1.11. The molecule has 2 aliphatic rings. The predicted octanol–water partition coefficient (Wildman–Crippen LogP) is 2.85. The lowest BCUT2D eigenvalue weighted by atomic mass is 9.78. The smallest absolute Gasteiger partial charge is 0.253 e. The van der Waals surface area contributed by atoms with Crippen LogP contribution in [-0.4, -0.2) is 23.4 Å². The van der Waals surface area contributed by atoms with Gasteiger partial charge in [0.2, 0.25) is 5.91 Å². The SMILES string of the molecule is CC1C(=O)NC2(CCCCC2)C(=O)N1c1ccccc1I. The van der Waals surface area contributed by atoms with E-state index in [1.54, 1.807) is 11.8 Å². The number of hydrogen-bond acceptors (Lipinski definition) is 2. The molecular formula is C16H19IN2O2. The Morgan fingerprint density at radius 1 is 1.19 bits per heavy atom. The summed E-state index contributed by atoms with van der Waals surface area (Å²) < 4.78 is 0.996. The van der Waals surface area contributed by atoms with Crippen LogP contribution >= 0.6 is 22.6 Å². The molecule has 1 aliphatic heterocycles. The van der Waals surface area contributed by atoms with Gasteiger partial charge in [0.05, 0.1) is 5.69 Å². The number of halogens is 1. The van der Waals surface area contributed by atoms with E-state index in [-0.39, 0.29) is 11.8 Å². The van der Waals surface area contributed by atoms with Crippen LogP contribution in [0.4, 0.5) is 5.69 Å². The first-order chi connectivity index (χ1) is 10.1. The molecule has 1 aliphatic carbocycles. The van der Waals surface area contributed by atoms with E-state index in [0.717, 1.165) is 41.4 Å². The highest BCUT2D eigenvalue weighted by atomic mass is 127. The van der Waals surface area contributed by atoms with Gasteiger partial charge in [-0.15, -0.1) is 0 Å². The van der Waals surface area contributed by atoms with Crippen LogP contribution < -0.4 is 10.2 Å². The van der Waals surface area contributed by atoms with E-state index >= 15 is 0 Å². The summed E-state index contributed by atoms with van der Waals surface area (Å²) in [5.41, 5.74) is 0.163. The van der Waals surface area contributed by atoms with Crippen LogP contribution in [0.3, 0.4) is 0 Å². The van der Waals surface area contributed by atoms with E-state index in [0.29, 0.717) is 0 Å². The van der Waals surface area contributed by atoms with Crippen LogP contribution in [0.25, 0.3) is 0 Å². The van der Waals surface area contributed by atoms with Crippen molar-refractivity contribution in [3.05, 3.63) is 27.8 Å². The first-order valence-corrected chi connectivity index (χ1v) is 8.53. The van der Waals surface area contributed by atoms with Crippen molar-refractivity contribution in [2.45, 2.75) is 50.6 Å². The van der Waals surface area contributed by atoms with Crippen molar-refractivity contribution in [2.24, 2.45) is 0 Å². The summed E-state index contributed by atoms with van der Waals surface area (Å²) in [7, 11) is 0. The second-order valence-electron chi connectivity index (χ2n) is 5.93. The Bertz CT molecular complexity index is 581. The lowest BCUT2D eigenvalue weighted by Gasteiger charge is -2.47. The monoisotopic (exact) mass is 398 g/mol. The molecule has 5 heteroatoms. The molecule has 1 aromatic carbocycles. The molecule has 0 radical (unpaired) electrons. The molecule has 2 fully saturated rings. The zero-order valence-electron chi connectivity index (χ0n) is 12.1. The first kappa shape index (κ1) is 14.8. The predicted molar refractivity (Wildman–Crippen MR) is 90.1 cm³/mol. The molecule has 1 unspecified atom stereocenters. The summed E-state index contributed by atoms with van der Waals surface area (Å²) in [5, 5.41) is 3.02. The van der Waals surface area contributed by atoms with Crippen molar-refractivity contribution in [3.8, 4) is 0 Å². The average molecular weight is 398 g/mol. The second kappa shape index (κ2) is 5.59. The third-order valence-electron chi connectivity index (χ3n) is 4.58. The molecule has 3 rings (SSSR count). The molecule has 1 saturated carbocycles. The normalized spacial score (nSPS) is 25.0. The number of amides is 2. The highest BCUT2D eigenvalue weighted by Crippen LogP contribution is 2.36. The summed E-state index contributed by atoms with van der Waals surface area (Å²) >= 11 is 2.22. The Morgan fingerprint density at radius 3 is 2.52 bits per heavy atom. The van der Waals surface area contributed by atoms with Crippen molar-refractivity contribution in [1.29, 1.82) is 0 Å². The molecule has 21 heavy (non-hydrogen) atoms. The van der Waals surface area contributed by atoms with Crippen LogP contribution in [0, 0.1) is 3.57 Å². The van der Waals surface area contributed by atoms with Gasteiger partial charge in [-0.1, -0.05) is 31.4 Å². The number of carbonyl (C=O) groups is 2. The first-order valence-electron chi connectivity index (χ1n) is 7.45. The lowest BCUT2D eigenvalue weighted by Crippen LogP contribution is -2.70. The Kier molecular flexibility index (Phi) is 3.94. The molecule has 0 aromatic heterocycles. The Balaban J connectivity index is 2.03. The summed E-state index contributed by atoms with van der Waals surface area (Å²) in [6, 6.07) is 7.29. The molecule has 4 nitrogen and oxygen atoms in total. The van der Waals surface area contributed by atoms with Crippen molar-refractivity contribution in [1.82, 2.24) is 5.32 Å². The van der Waals surface area contributed by atoms with Gasteiger partial charge in [-0.25, -0.2) is 0 Å². The molecule has 2 amide bonds. The maximum Gasteiger partial charge on any atom is 0.253 e. The van der Waals surface area contributed by atoms with E-state index in [1.165, 1.54) is 0 Å². The van der Waals surface area contributed by atoms with Crippen molar-refractivity contribution >= 4 is 40.1 Å². The van der Waals surface area contributed by atoms with Gasteiger partial charge in [0.25, 0.3) is 5.91 Å². The van der Waals surface area contributed by atoms with Crippen LogP contribution in [0.5, 0.6) is 0 Å². The number of nitrogens with one attached hydrogen (secondary N) is 1. The van der Waals surface area contributed by atoms with Crippen molar-refractivity contribution in [3.63, 3.8) is 0 Å². The maximum absolute atomic E-state index is 13.1. The van der Waals surface area contributed by atoms with Crippen LogP contribution in [-0.2, 0) is 9.59 Å². The third kappa shape index (κ3) is 2.45. The number of rotatable bonds is 1. The highest BCUT2D eigenvalue weighted by molar-refractivity contribution is 14.1. The average Bonchev–Trinajstić information content (AvgIpc) is 2.48. The van der Waals surface area contributed by atoms with Gasteiger partial charge in [-0.3, -0.25) is 14.5 Å². The van der Waals surface area contributed by atoms with E-state index in [9.17, 15) is 9.59 Å². The van der Waals surface area contributed by atoms with Gasteiger partial charge >= 0.3 is 0 Å². The third-order valence-corrected chi connectivity index (χ3v) is 5.49. The van der Waals surface area contributed by atoms with E-state index < -0.39 is 11.6 Å². The van der Waals surface area contributed by atoms with E-state index in [1.807, 2.05) is 24.3 Å².